The van der Waals surface area contributed by atoms with Gasteiger partial charge in [-0.1, -0.05) is 36.0 Å². The summed E-state index contributed by atoms with van der Waals surface area (Å²) in [5, 5.41) is 4.40. The molecule has 0 atom stereocenters. The number of aromatic nitrogens is 1. The molecule has 1 aliphatic rings. The number of nitrogens with one attached hydrogen (secondary N) is 1. The van der Waals surface area contributed by atoms with E-state index >= 15 is 0 Å². The molecule has 3 aromatic carbocycles. The van der Waals surface area contributed by atoms with Gasteiger partial charge in [0.2, 0.25) is 0 Å². The van der Waals surface area contributed by atoms with Gasteiger partial charge in [-0.05, 0) is 90.4 Å². The molecule has 3 N–H and O–H groups in total. The monoisotopic (exact) mass is 537 g/mol. The van der Waals surface area contributed by atoms with Crippen molar-refractivity contribution < 1.29 is 17.9 Å². The zero-order chi connectivity index (χ0) is 26.5. The third-order valence-corrected chi connectivity index (χ3v) is 7.80. The zero-order valence-electron chi connectivity index (χ0n) is 20.9. The van der Waals surface area contributed by atoms with E-state index < -0.39 is 11.7 Å². The van der Waals surface area contributed by atoms with Gasteiger partial charge in [0.15, 0.2) is 0 Å². The number of alkyl halides is 3. The van der Waals surface area contributed by atoms with E-state index in [4.69, 9.17) is 10.5 Å². The molecule has 4 aromatic rings. The van der Waals surface area contributed by atoms with Crippen LogP contribution in [0.25, 0.3) is 10.9 Å². The summed E-state index contributed by atoms with van der Waals surface area (Å²) in [6.45, 7) is 2.74. The van der Waals surface area contributed by atoms with Gasteiger partial charge >= 0.3 is 6.18 Å². The number of nitrogens with two attached hydrogens (primary N) is 1. The van der Waals surface area contributed by atoms with E-state index in [-0.39, 0.29) is 0 Å². The fourth-order valence-electron chi connectivity index (χ4n) is 4.72. The maximum Gasteiger partial charge on any atom is 0.416 e. The smallest absolute Gasteiger partial charge is 0.383 e. The minimum Gasteiger partial charge on any atom is -0.383 e. The van der Waals surface area contributed by atoms with Gasteiger partial charge in [-0.25, -0.2) is 4.98 Å². The predicted molar refractivity (Wildman–Crippen MR) is 146 cm³/mol. The number of nitrogen functional groups attached to an aromatic ring is 1. The number of hydrogen-bond acceptors (Lipinski definition) is 5. The summed E-state index contributed by atoms with van der Waals surface area (Å²) in [4.78, 5) is 6.89. The van der Waals surface area contributed by atoms with Crippen LogP contribution in [0.3, 0.4) is 0 Å². The van der Waals surface area contributed by atoms with Crippen LogP contribution in [0.1, 0.15) is 35.1 Å². The second-order valence-corrected chi connectivity index (χ2v) is 10.8. The number of benzene rings is 3. The number of halogens is 3. The maximum atomic E-state index is 12.8. The molecule has 38 heavy (non-hydrogen) atoms. The van der Waals surface area contributed by atoms with Crippen molar-refractivity contribution in [2.75, 3.05) is 18.9 Å². The Kier molecular flexibility index (Phi) is 8.21. The van der Waals surface area contributed by atoms with Crippen LogP contribution < -0.4 is 11.1 Å². The van der Waals surface area contributed by atoms with E-state index in [0.717, 1.165) is 82.0 Å². The lowest BCUT2D eigenvalue weighted by atomic mass is 9.92. The quantitative estimate of drug-likeness (QED) is 0.248. The molecule has 0 radical (unpaired) electrons. The second kappa shape index (κ2) is 11.8. The highest BCUT2D eigenvalue weighted by Gasteiger charge is 2.29. The molecule has 5 rings (SSSR count). The Morgan fingerprint density at radius 2 is 1.63 bits per heavy atom. The first-order chi connectivity index (χ1) is 18.3. The molecule has 0 saturated carbocycles. The van der Waals surface area contributed by atoms with E-state index in [1.807, 2.05) is 18.2 Å². The van der Waals surface area contributed by atoms with Crippen molar-refractivity contribution in [1.29, 1.82) is 0 Å². The van der Waals surface area contributed by atoms with E-state index in [1.165, 1.54) is 12.1 Å². The van der Waals surface area contributed by atoms with Gasteiger partial charge in [0, 0.05) is 41.5 Å². The molecule has 0 spiro atoms. The van der Waals surface area contributed by atoms with E-state index in [1.54, 1.807) is 11.8 Å². The molecule has 8 heteroatoms. The lowest BCUT2D eigenvalue weighted by Crippen LogP contribution is -2.18. The molecule has 1 fully saturated rings. The standard InChI is InChI=1S/C30H30F3N3OS/c31-30(32,33)25-6-4-21(5-7-25)18-35-19-22-2-1-3-26(15-22)38-27-8-9-28-23(17-27)16-24(29(34)36-28)14-20-10-12-37-13-11-20/h1-9,15-17,20,35H,10-14,18-19H2,(H2,34,36). The Morgan fingerprint density at radius 3 is 2.39 bits per heavy atom. The lowest BCUT2D eigenvalue weighted by molar-refractivity contribution is -0.137. The predicted octanol–water partition coefficient (Wildman–Crippen LogP) is 7.25. The van der Waals surface area contributed by atoms with Crippen molar-refractivity contribution >= 4 is 28.5 Å². The Balaban J connectivity index is 1.22. The van der Waals surface area contributed by atoms with Crippen LogP contribution in [0, 0.1) is 5.92 Å². The van der Waals surface area contributed by atoms with Crippen molar-refractivity contribution in [3.05, 3.63) is 95.1 Å². The molecule has 2 heterocycles. The van der Waals surface area contributed by atoms with Gasteiger partial charge in [0.1, 0.15) is 5.82 Å². The highest BCUT2D eigenvalue weighted by Crippen LogP contribution is 2.32. The van der Waals surface area contributed by atoms with Crippen LogP contribution in [0.15, 0.2) is 82.6 Å². The average molecular weight is 538 g/mol. The van der Waals surface area contributed by atoms with Crippen LogP contribution in [-0.4, -0.2) is 18.2 Å². The summed E-state index contributed by atoms with van der Waals surface area (Å²) in [7, 11) is 0. The molecule has 1 aromatic heterocycles. The molecule has 198 valence electrons. The maximum absolute atomic E-state index is 12.8. The summed E-state index contributed by atoms with van der Waals surface area (Å²) in [5.74, 6) is 1.19. The number of ether oxygens (including phenoxy) is 1. The zero-order valence-corrected chi connectivity index (χ0v) is 21.7. The summed E-state index contributed by atoms with van der Waals surface area (Å²) < 4.78 is 43.8. The number of nitrogens with zero attached hydrogens (tertiary/aromatic N) is 1. The average Bonchev–Trinajstić information content (AvgIpc) is 2.90. The lowest BCUT2D eigenvalue weighted by Gasteiger charge is -2.22. The van der Waals surface area contributed by atoms with Crippen molar-refractivity contribution in [2.24, 2.45) is 5.92 Å². The molecule has 0 aliphatic carbocycles. The highest BCUT2D eigenvalue weighted by molar-refractivity contribution is 7.99. The van der Waals surface area contributed by atoms with Crippen molar-refractivity contribution in [3.63, 3.8) is 0 Å². The minimum absolute atomic E-state index is 0.493. The molecular formula is C30H30F3N3OS. The first-order valence-electron chi connectivity index (χ1n) is 12.7. The molecule has 4 nitrogen and oxygen atoms in total. The Bertz CT molecular complexity index is 1390. The summed E-state index contributed by atoms with van der Waals surface area (Å²) in [6, 6.07) is 22.0. The van der Waals surface area contributed by atoms with E-state index in [2.05, 4.69) is 40.6 Å². The second-order valence-electron chi connectivity index (χ2n) is 9.69. The summed E-state index contributed by atoms with van der Waals surface area (Å²) in [5.41, 5.74) is 9.57. The fourth-order valence-corrected chi connectivity index (χ4v) is 5.67. The van der Waals surface area contributed by atoms with Crippen LogP contribution in [-0.2, 0) is 30.4 Å². The number of pyridine rings is 1. The number of hydrogen-bond donors (Lipinski definition) is 2. The Labute approximate surface area is 224 Å². The molecule has 0 bridgehead atoms. The van der Waals surface area contributed by atoms with Gasteiger partial charge in [-0.3, -0.25) is 0 Å². The largest absolute Gasteiger partial charge is 0.416 e. The van der Waals surface area contributed by atoms with Crippen LogP contribution in [0.5, 0.6) is 0 Å². The van der Waals surface area contributed by atoms with Gasteiger partial charge in [-0.2, -0.15) is 13.2 Å². The third-order valence-electron chi connectivity index (χ3n) is 6.82. The first kappa shape index (κ1) is 26.5. The van der Waals surface area contributed by atoms with Gasteiger partial charge in [0.05, 0.1) is 11.1 Å². The van der Waals surface area contributed by atoms with Crippen LogP contribution in [0.4, 0.5) is 19.0 Å². The number of rotatable bonds is 8. The SMILES string of the molecule is Nc1nc2ccc(Sc3cccc(CNCc4ccc(C(F)(F)F)cc4)c3)cc2cc1CC1CCOCC1. The van der Waals surface area contributed by atoms with Crippen molar-refractivity contribution in [2.45, 2.75) is 48.3 Å². The normalized spacial score (nSPS) is 14.7. The minimum atomic E-state index is -4.31. The molecular weight excluding hydrogens is 507 g/mol. The Hall–Kier alpha value is -3.07. The third kappa shape index (κ3) is 6.87. The number of anilines is 1. The van der Waals surface area contributed by atoms with Crippen LogP contribution >= 0.6 is 11.8 Å². The molecule has 1 aliphatic heterocycles. The summed E-state index contributed by atoms with van der Waals surface area (Å²) >= 11 is 1.69. The summed E-state index contributed by atoms with van der Waals surface area (Å²) in [6.07, 6.45) is -1.27. The molecule has 1 saturated heterocycles. The van der Waals surface area contributed by atoms with Gasteiger partial charge in [-0.15, -0.1) is 0 Å². The van der Waals surface area contributed by atoms with E-state index in [9.17, 15) is 13.2 Å². The highest BCUT2D eigenvalue weighted by atomic mass is 32.2. The van der Waals surface area contributed by atoms with Crippen LogP contribution in [0.2, 0.25) is 0 Å². The number of fused-ring (bicyclic) bond motifs is 1. The van der Waals surface area contributed by atoms with Crippen molar-refractivity contribution in [1.82, 2.24) is 10.3 Å². The molecule has 0 amide bonds. The fraction of sp³-hybridized carbons (Fsp3) is 0.300. The van der Waals surface area contributed by atoms with Gasteiger partial charge < -0.3 is 15.8 Å². The topological polar surface area (TPSA) is 60.2 Å². The first-order valence-corrected chi connectivity index (χ1v) is 13.6. The van der Waals surface area contributed by atoms with E-state index in [0.29, 0.717) is 24.8 Å². The van der Waals surface area contributed by atoms with Crippen molar-refractivity contribution in [3.8, 4) is 0 Å². The molecule has 0 unspecified atom stereocenters. The Morgan fingerprint density at radius 1 is 0.895 bits per heavy atom. The van der Waals surface area contributed by atoms with Gasteiger partial charge in [0.25, 0.3) is 0 Å².